The number of benzene rings is 1. The fourth-order valence-electron chi connectivity index (χ4n) is 3.26. The van der Waals surface area contributed by atoms with E-state index < -0.39 is 9.84 Å². The largest absolute Gasteiger partial charge is 0.330 e. The van der Waals surface area contributed by atoms with E-state index in [0.717, 1.165) is 28.5 Å². The Morgan fingerprint density at radius 3 is 2.74 bits per heavy atom. The zero-order chi connectivity index (χ0) is 16.8. The van der Waals surface area contributed by atoms with Crippen molar-refractivity contribution in [1.82, 2.24) is 4.98 Å². The summed E-state index contributed by atoms with van der Waals surface area (Å²) in [5, 5.41) is 1.60. The smallest absolute Gasteiger partial charge is 0.156 e. The van der Waals surface area contributed by atoms with Crippen LogP contribution in [-0.2, 0) is 16.4 Å². The minimum atomic E-state index is -2.86. The van der Waals surface area contributed by atoms with Gasteiger partial charge in [0.2, 0.25) is 0 Å². The molecule has 23 heavy (non-hydrogen) atoms. The lowest BCUT2D eigenvalue weighted by molar-refractivity contribution is -0.916. The molecule has 1 saturated heterocycles. The van der Waals surface area contributed by atoms with Crippen LogP contribution in [0.1, 0.15) is 23.1 Å². The number of nitrogens with zero attached hydrogens (tertiary/aromatic N) is 1. The standard InChI is InChI=1S/C17H21ClN2O2S/c1-11-4-5-13-8-14(17(18)19-16(13)12(11)2)9-20(3)15-6-7-23(21,22)10-15/h4-5,8,15H,6-7,9-10H2,1-3H3/p+1/t15-/m1/s1. The second-order valence-corrected chi connectivity index (χ2v) is 9.23. The van der Waals surface area contributed by atoms with Crippen LogP contribution in [0.4, 0.5) is 0 Å². The average Bonchev–Trinajstić information content (AvgIpc) is 2.85. The summed E-state index contributed by atoms with van der Waals surface area (Å²) >= 11 is 6.39. The van der Waals surface area contributed by atoms with Gasteiger partial charge in [0.05, 0.1) is 18.3 Å². The van der Waals surface area contributed by atoms with E-state index in [1.165, 1.54) is 10.5 Å². The van der Waals surface area contributed by atoms with Gasteiger partial charge in [0.1, 0.15) is 23.5 Å². The first-order chi connectivity index (χ1) is 10.8. The summed E-state index contributed by atoms with van der Waals surface area (Å²) in [5.74, 6) is 0.576. The van der Waals surface area contributed by atoms with Crippen LogP contribution in [0.2, 0.25) is 5.15 Å². The van der Waals surface area contributed by atoms with Crippen LogP contribution in [0.5, 0.6) is 0 Å². The third-order valence-corrected chi connectivity index (χ3v) is 7.03. The van der Waals surface area contributed by atoms with E-state index in [1.54, 1.807) is 0 Å². The summed E-state index contributed by atoms with van der Waals surface area (Å²) in [5.41, 5.74) is 4.27. The first-order valence-corrected chi connectivity index (χ1v) is 10.0. The predicted octanol–water partition coefficient (Wildman–Crippen LogP) is 1.71. The Morgan fingerprint density at radius 2 is 2.09 bits per heavy atom. The molecule has 124 valence electrons. The van der Waals surface area contributed by atoms with Crippen LogP contribution in [0.3, 0.4) is 0 Å². The number of quaternary nitrogens is 1. The summed E-state index contributed by atoms with van der Waals surface area (Å²) in [6.07, 6.45) is 0.727. The summed E-state index contributed by atoms with van der Waals surface area (Å²) < 4.78 is 23.3. The molecule has 0 radical (unpaired) electrons. The number of hydrogen-bond acceptors (Lipinski definition) is 3. The third kappa shape index (κ3) is 3.37. The zero-order valence-electron chi connectivity index (χ0n) is 13.7. The van der Waals surface area contributed by atoms with Crippen molar-refractivity contribution >= 4 is 32.3 Å². The molecule has 1 fully saturated rings. The fraction of sp³-hybridized carbons (Fsp3) is 0.471. The number of pyridine rings is 1. The monoisotopic (exact) mass is 353 g/mol. The van der Waals surface area contributed by atoms with Crippen molar-refractivity contribution in [2.45, 2.75) is 32.9 Å². The molecule has 1 aromatic carbocycles. The Kier molecular flexibility index (Phi) is 4.38. The van der Waals surface area contributed by atoms with Gasteiger partial charge in [-0.1, -0.05) is 23.7 Å². The molecule has 3 rings (SSSR count). The predicted molar refractivity (Wildman–Crippen MR) is 93.9 cm³/mol. The maximum Gasteiger partial charge on any atom is 0.156 e. The quantitative estimate of drug-likeness (QED) is 0.855. The molecule has 0 saturated carbocycles. The van der Waals surface area contributed by atoms with Crippen molar-refractivity contribution in [3.05, 3.63) is 40.0 Å². The minimum Gasteiger partial charge on any atom is -0.330 e. The highest BCUT2D eigenvalue weighted by Gasteiger charge is 2.33. The van der Waals surface area contributed by atoms with Gasteiger partial charge < -0.3 is 4.90 Å². The van der Waals surface area contributed by atoms with Gasteiger partial charge in [-0.15, -0.1) is 0 Å². The van der Waals surface area contributed by atoms with E-state index in [-0.39, 0.29) is 11.8 Å². The highest BCUT2D eigenvalue weighted by Crippen LogP contribution is 2.24. The molecule has 0 bridgehead atoms. The molecule has 0 aliphatic carbocycles. The second kappa shape index (κ2) is 6.04. The van der Waals surface area contributed by atoms with E-state index in [4.69, 9.17) is 11.6 Å². The van der Waals surface area contributed by atoms with E-state index in [9.17, 15) is 8.42 Å². The van der Waals surface area contributed by atoms with Gasteiger partial charge in [0, 0.05) is 17.4 Å². The van der Waals surface area contributed by atoms with Crippen molar-refractivity contribution in [3.63, 3.8) is 0 Å². The Hall–Kier alpha value is -1.17. The molecular weight excluding hydrogens is 332 g/mol. The van der Waals surface area contributed by atoms with Crippen LogP contribution >= 0.6 is 11.6 Å². The van der Waals surface area contributed by atoms with Gasteiger partial charge in [-0.05, 0) is 31.0 Å². The fourth-order valence-corrected chi connectivity index (χ4v) is 5.34. The molecule has 1 aliphatic rings. The van der Waals surface area contributed by atoms with Crippen LogP contribution < -0.4 is 4.90 Å². The van der Waals surface area contributed by atoms with Gasteiger partial charge in [0.25, 0.3) is 0 Å². The Bertz CT molecular complexity index is 865. The average molecular weight is 354 g/mol. The van der Waals surface area contributed by atoms with Crippen molar-refractivity contribution < 1.29 is 13.3 Å². The molecule has 0 spiro atoms. The Labute approximate surface area is 142 Å². The number of aromatic nitrogens is 1. The lowest BCUT2D eigenvalue weighted by Gasteiger charge is -2.20. The van der Waals surface area contributed by atoms with Crippen molar-refractivity contribution in [2.75, 3.05) is 18.6 Å². The zero-order valence-corrected chi connectivity index (χ0v) is 15.3. The van der Waals surface area contributed by atoms with Gasteiger partial charge in [-0.25, -0.2) is 13.4 Å². The molecule has 2 heterocycles. The number of hydrogen-bond donors (Lipinski definition) is 1. The summed E-state index contributed by atoms with van der Waals surface area (Å²) in [7, 11) is -0.823. The van der Waals surface area contributed by atoms with Gasteiger partial charge in [-0.3, -0.25) is 0 Å². The normalized spacial score (nSPS) is 21.7. The van der Waals surface area contributed by atoms with Crippen molar-refractivity contribution in [2.24, 2.45) is 0 Å². The number of sulfone groups is 1. The summed E-state index contributed by atoms with van der Waals surface area (Å²) in [6.45, 7) is 4.81. The number of nitrogens with one attached hydrogen (secondary N) is 1. The van der Waals surface area contributed by atoms with E-state index in [2.05, 4.69) is 37.0 Å². The molecule has 0 amide bonds. The topological polar surface area (TPSA) is 51.5 Å². The van der Waals surface area contributed by atoms with Crippen molar-refractivity contribution in [1.29, 1.82) is 0 Å². The molecule has 2 atom stereocenters. The molecule has 1 N–H and O–H groups in total. The lowest BCUT2D eigenvalue weighted by Crippen LogP contribution is -3.12. The number of fused-ring (bicyclic) bond motifs is 1. The van der Waals surface area contributed by atoms with Gasteiger partial charge >= 0.3 is 0 Å². The molecular formula is C17H22ClN2O2S+. The highest BCUT2D eigenvalue weighted by atomic mass is 35.5. The van der Waals surface area contributed by atoms with E-state index in [1.807, 2.05) is 7.05 Å². The van der Waals surface area contributed by atoms with Crippen LogP contribution in [0, 0.1) is 13.8 Å². The molecule has 1 aromatic heterocycles. The second-order valence-electron chi connectivity index (χ2n) is 6.64. The summed E-state index contributed by atoms with van der Waals surface area (Å²) in [6, 6.07) is 6.40. The Balaban J connectivity index is 1.88. The number of halogens is 1. The van der Waals surface area contributed by atoms with Crippen LogP contribution in [-0.4, -0.2) is 38.0 Å². The SMILES string of the molecule is Cc1ccc2cc(C[NH+](C)[C@@H]3CCS(=O)(=O)C3)c(Cl)nc2c1C. The van der Waals surface area contributed by atoms with Gasteiger partial charge in [0.15, 0.2) is 9.84 Å². The first kappa shape index (κ1) is 16.7. The molecule has 1 aliphatic heterocycles. The van der Waals surface area contributed by atoms with Crippen LogP contribution in [0.25, 0.3) is 10.9 Å². The lowest BCUT2D eigenvalue weighted by atomic mass is 10.0. The highest BCUT2D eigenvalue weighted by molar-refractivity contribution is 7.91. The maximum absolute atomic E-state index is 11.7. The molecule has 6 heteroatoms. The van der Waals surface area contributed by atoms with Crippen LogP contribution in [0.15, 0.2) is 18.2 Å². The van der Waals surface area contributed by atoms with Gasteiger partial charge in [-0.2, -0.15) is 0 Å². The Morgan fingerprint density at radius 1 is 1.35 bits per heavy atom. The maximum atomic E-state index is 11.7. The van der Waals surface area contributed by atoms with E-state index >= 15 is 0 Å². The van der Waals surface area contributed by atoms with E-state index in [0.29, 0.717) is 17.5 Å². The summed E-state index contributed by atoms with van der Waals surface area (Å²) in [4.78, 5) is 5.76. The molecule has 2 aromatic rings. The van der Waals surface area contributed by atoms with Crippen molar-refractivity contribution in [3.8, 4) is 0 Å². The third-order valence-electron chi connectivity index (χ3n) is 4.94. The first-order valence-electron chi connectivity index (χ1n) is 7.85. The number of aryl methyl sites for hydroxylation is 2. The minimum absolute atomic E-state index is 0.145. The number of rotatable bonds is 3. The molecule has 1 unspecified atom stereocenters. The molecule has 4 nitrogen and oxygen atoms in total.